The van der Waals surface area contributed by atoms with E-state index in [0.717, 1.165) is 83.5 Å². The normalized spacial score (nSPS) is 22.0. The highest BCUT2D eigenvalue weighted by Crippen LogP contribution is 2.47. The van der Waals surface area contributed by atoms with Gasteiger partial charge in [0, 0.05) is 12.8 Å². The second-order valence-corrected chi connectivity index (χ2v) is 18.3. The van der Waals surface area contributed by atoms with Crippen LogP contribution in [0.4, 0.5) is 0 Å². The van der Waals surface area contributed by atoms with E-state index in [4.69, 9.17) is 18.5 Å². The number of phosphoric ester groups is 1. The van der Waals surface area contributed by atoms with Crippen LogP contribution in [0.15, 0.2) is 72.9 Å². The Morgan fingerprint density at radius 1 is 0.492 bits per heavy atom. The number of unbranched alkanes of at least 4 members (excludes halogenated alkanes) is 16. The first-order chi connectivity index (χ1) is 31.4. The van der Waals surface area contributed by atoms with Gasteiger partial charge in [0.05, 0.1) is 6.61 Å². The molecule has 0 bridgehead atoms. The van der Waals surface area contributed by atoms with Crippen molar-refractivity contribution < 1.29 is 63.1 Å². The molecule has 1 aliphatic carbocycles. The van der Waals surface area contributed by atoms with Crippen molar-refractivity contribution in [3.63, 3.8) is 0 Å². The van der Waals surface area contributed by atoms with Gasteiger partial charge in [-0.15, -0.1) is 0 Å². The molecule has 0 aliphatic heterocycles. The molecular formula is C51H87O13P. The molecule has 0 spiro atoms. The molecule has 6 unspecified atom stereocenters. The van der Waals surface area contributed by atoms with Crippen LogP contribution in [0.5, 0.6) is 0 Å². The molecule has 6 atom stereocenters. The molecule has 65 heavy (non-hydrogen) atoms. The number of hydrogen-bond acceptors (Lipinski definition) is 12. The maximum Gasteiger partial charge on any atom is 0.472 e. The van der Waals surface area contributed by atoms with E-state index in [1.165, 1.54) is 57.8 Å². The smallest absolute Gasteiger partial charge is 0.462 e. The van der Waals surface area contributed by atoms with Crippen molar-refractivity contribution in [2.24, 2.45) is 0 Å². The number of ether oxygens (including phenoxy) is 2. The van der Waals surface area contributed by atoms with Crippen molar-refractivity contribution >= 4 is 19.8 Å². The molecule has 374 valence electrons. The zero-order valence-corrected chi connectivity index (χ0v) is 40.7. The Labute approximate surface area is 391 Å². The second kappa shape index (κ2) is 40.4. The van der Waals surface area contributed by atoms with Crippen molar-refractivity contribution in [2.45, 2.75) is 224 Å². The fraction of sp³-hybridized carbons (Fsp3) is 0.725. The average molecular weight is 939 g/mol. The third kappa shape index (κ3) is 32.6. The number of carbonyl (C=O) groups excluding carboxylic acids is 2. The van der Waals surface area contributed by atoms with Crippen molar-refractivity contribution in [2.75, 3.05) is 13.2 Å². The molecule has 0 saturated heterocycles. The van der Waals surface area contributed by atoms with Crippen molar-refractivity contribution in [3.05, 3.63) is 72.9 Å². The maximum atomic E-state index is 12.8. The predicted molar refractivity (Wildman–Crippen MR) is 258 cm³/mol. The number of carbonyl (C=O) groups is 2. The quantitative estimate of drug-likeness (QED) is 0.0146. The summed E-state index contributed by atoms with van der Waals surface area (Å²) in [6.07, 6.45) is 38.0. The minimum atomic E-state index is -5.14. The van der Waals surface area contributed by atoms with Crippen molar-refractivity contribution in [1.82, 2.24) is 0 Å². The van der Waals surface area contributed by atoms with Gasteiger partial charge in [-0.25, -0.2) is 4.57 Å². The van der Waals surface area contributed by atoms with Gasteiger partial charge in [-0.1, -0.05) is 157 Å². The van der Waals surface area contributed by atoms with Crippen LogP contribution in [0.25, 0.3) is 0 Å². The lowest BCUT2D eigenvalue weighted by Crippen LogP contribution is -2.64. The fourth-order valence-electron chi connectivity index (χ4n) is 7.07. The first-order valence-electron chi connectivity index (χ1n) is 24.7. The number of esters is 2. The molecule has 0 amide bonds. The Morgan fingerprint density at radius 3 is 1.37 bits per heavy atom. The Balaban J connectivity index is 2.46. The summed E-state index contributed by atoms with van der Waals surface area (Å²) in [6.45, 7) is 3.16. The van der Waals surface area contributed by atoms with Gasteiger partial charge in [-0.05, 0) is 83.5 Å². The summed E-state index contributed by atoms with van der Waals surface area (Å²) in [4.78, 5) is 35.8. The number of allylic oxidation sites excluding steroid dienone is 12. The van der Waals surface area contributed by atoms with Gasteiger partial charge < -0.3 is 39.9 Å². The van der Waals surface area contributed by atoms with Gasteiger partial charge in [0.2, 0.25) is 0 Å². The summed E-state index contributed by atoms with van der Waals surface area (Å²) in [5.74, 6) is -1.15. The Bertz CT molecular complexity index is 1410. The Hall–Kier alpha value is -2.71. The second-order valence-electron chi connectivity index (χ2n) is 16.9. The predicted octanol–water partition coefficient (Wildman–Crippen LogP) is 10.3. The van der Waals surface area contributed by atoms with E-state index in [2.05, 4.69) is 86.8 Å². The molecule has 6 N–H and O–H groups in total. The molecule has 14 heteroatoms. The third-order valence-electron chi connectivity index (χ3n) is 11.0. The average Bonchev–Trinajstić information content (AvgIpc) is 3.29. The largest absolute Gasteiger partial charge is 0.472 e. The zero-order chi connectivity index (χ0) is 47.8. The van der Waals surface area contributed by atoms with E-state index >= 15 is 0 Å². The van der Waals surface area contributed by atoms with Crippen LogP contribution in [0.2, 0.25) is 0 Å². The fourth-order valence-corrected chi connectivity index (χ4v) is 8.05. The number of hydrogen-bond donors (Lipinski definition) is 6. The van der Waals surface area contributed by atoms with E-state index in [1.54, 1.807) is 0 Å². The van der Waals surface area contributed by atoms with Crippen LogP contribution in [0.1, 0.15) is 181 Å². The molecule has 1 fully saturated rings. The lowest BCUT2D eigenvalue weighted by atomic mass is 9.85. The highest BCUT2D eigenvalue weighted by molar-refractivity contribution is 7.47. The topological polar surface area (TPSA) is 210 Å². The van der Waals surface area contributed by atoms with Crippen LogP contribution in [0, 0.1) is 0 Å². The van der Waals surface area contributed by atoms with Crippen LogP contribution in [0.3, 0.4) is 0 Å². The summed E-state index contributed by atoms with van der Waals surface area (Å²) in [7, 11) is -5.14. The zero-order valence-electron chi connectivity index (χ0n) is 39.8. The number of aliphatic hydroxyl groups is 5. The van der Waals surface area contributed by atoms with E-state index in [0.29, 0.717) is 12.8 Å². The van der Waals surface area contributed by atoms with Gasteiger partial charge in [0.25, 0.3) is 0 Å². The summed E-state index contributed by atoms with van der Waals surface area (Å²) >= 11 is 0. The maximum absolute atomic E-state index is 12.8. The lowest BCUT2D eigenvalue weighted by molar-refractivity contribution is -0.220. The molecule has 1 rings (SSSR count). The van der Waals surface area contributed by atoms with Gasteiger partial charge >= 0.3 is 19.8 Å². The Morgan fingerprint density at radius 2 is 0.877 bits per heavy atom. The lowest BCUT2D eigenvalue weighted by Gasteiger charge is -2.41. The van der Waals surface area contributed by atoms with Crippen molar-refractivity contribution in [1.29, 1.82) is 0 Å². The first kappa shape index (κ1) is 60.3. The van der Waals surface area contributed by atoms with Crippen molar-refractivity contribution in [3.8, 4) is 0 Å². The molecule has 1 saturated carbocycles. The van der Waals surface area contributed by atoms with Crippen LogP contribution in [-0.2, 0) is 32.7 Å². The third-order valence-corrected chi connectivity index (χ3v) is 12.0. The van der Waals surface area contributed by atoms with Gasteiger partial charge in [0.15, 0.2) is 6.10 Å². The summed E-state index contributed by atoms with van der Waals surface area (Å²) in [6, 6.07) is 0. The van der Waals surface area contributed by atoms with Gasteiger partial charge in [-0.2, -0.15) is 0 Å². The van der Waals surface area contributed by atoms with E-state index < -0.39 is 75.7 Å². The molecule has 0 heterocycles. The first-order valence-corrected chi connectivity index (χ1v) is 26.2. The molecule has 0 aromatic carbocycles. The number of phosphoric acid groups is 1. The summed E-state index contributed by atoms with van der Waals surface area (Å²) in [5.41, 5.74) is 0. The number of aliphatic hydroxyl groups excluding tert-OH is 5. The molecule has 1 aliphatic rings. The molecule has 0 aromatic heterocycles. The standard InChI is InChI=1S/C51H87O13P/c1-3-5-7-9-11-13-15-17-19-21-22-24-26-28-30-32-34-36-38-40-45(53)63-43(42-62-65(59,60)64-51-49(57)47(55)46(54)48(56)50(51)58)41-61-44(52)39-37-35-33-31-29-27-25-23-20-18-16-14-12-10-8-6-4-2/h5,7,11,13,17-20,22,24,28,30,43,46-51,54-58H,3-4,6,8-10,12,14-16,21,23,25-27,29,31-42H2,1-2H3,(H,59,60)/b7-5-,13-11-,19-17-,20-18-,24-22-,30-28-. The van der Waals surface area contributed by atoms with Crippen LogP contribution in [-0.4, -0.2) is 98.3 Å². The van der Waals surface area contributed by atoms with Crippen LogP contribution >= 0.6 is 7.82 Å². The summed E-state index contributed by atoms with van der Waals surface area (Å²) in [5, 5.41) is 50.2. The summed E-state index contributed by atoms with van der Waals surface area (Å²) < 4.78 is 33.6. The molecule has 0 aromatic rings. The molecule has 0 radical (unpaired) electrons. The highest BCUT2D eigenvalue weighted by atomic mass is 31.2. The monoisotopic (exact) mass is 939 g/mol. The Kier molecular flexibility index (Phi) is 37.5. The number of rotatable bonds is 40. The van der Waals surface area contributed by atoms with Crippen LogP contribution < -0.4 is 0 Å². The highest BCUT2D eigenvalue weighted by Gasteiger charge is 2.51. The van der Waals surface area contributed by atoms with E-state index in [1.807, 2.05) is 0 Å². The minimum Gasteiger partial charge on any atom is -0.462 e. The molecular weight excluding hydrogens is 852 g/mol. The van der Waals surface area contributed by atoms with E-state index in [-0.39, 0.29) is 12.8 Å². The van der Waals surface area contributed by atoms with Gasteiger partial charge in [-0.3, -0.25) is 18.6 Å². The minimum absolute atomic E-state index is 0.0535. The SMILES string of the molecule is CC/C=C\C/C=C\C/C=C\C/C=C\C/C=C\CCCCCC(=O)OC(COC(=O)CCCCCCCCC/C=C\CCCCCCCC)COP(=O)(O)OC1C(O)C(O)C(O)C(O)C1O. The van der Waals surface area contributed by atoms with E-state index in [9.17, 15) is 44.6 Å². The molecule has 13 nitrogen and oxygen atoms in total. The van der Waals surface area contributed by atoms with Gasteiger partial charge in [0.1, 0.15) is 43.2 Å².